The van der Waals surface area contributed by atoms with Crippen LogP contribution < -0.4 is 5.32 Å². The predicted molar refractivity (Wildman–Crippen MR) is 242 cm³/mol. The van der Waals surface area contributed by atoms with Gasteiger partial charge in [0.15, 0.2) is 0 Å². The zero-order valence-electron chi connectivity index (χ0n) is 40.2. The van der Waals surface area contributed by atoms with E-state index in [1.807, 2.05) is 69.2 Å². The summed E-state index contributed by atoms with van der Waals surface area (Å²) in [4.78, 5) is 12.5. The lowest BCUT2D eigenvalue weighted by Crippen LogP contribution is -2.46. The average Bonchev–Trinajstić information content (AvgIpc) is 3.73. The van der Waals surface area contributed by atoms with E-state index >= 15 is 0 Å². The monoisotopic (exact) mass is 747 g/mol. The number of hydrogen-bond donors (Lipinski definition) is 1. The Labute approximate surface area is 332 Å². The maximum atomic E-state index is 5.21. The van der Waals surface area contributed by atoms with Crippen molar-refractivity contribution < 1.29 is 4.74 Å². The first kappa shape index (κ1) is 61.0. The standard InChI is InChI=1S/C8H17N.C7H16N2.C7H15NO.C7H15N.C6H13N.5C2H6/c1-8(2)9-6-4-3-5-7-9;1-7(2)9-5-3-8-4-6-9;1-7(2)8-3-5-9-6-4-8;1-7(2)8-5-3-4-6-8;1-6(2)7-4-3-5-7;5*1-2/h8H,3-7H2,1-2H3;7-8H,3-6H2,1-2H3;7H,3-6H2,1-2H3;7H,3-6H2,1-2H3;6H,3-5H2,1-2H3;5*1-2H3. The van der Waals surface area contributed by atoms with Gasteiger partial charge in [-0.25, -0.2) is 0 Å². The number of likely N-dealkylation sites (tertiary alicyclic amines) is 3. The fourth-order valence-corrected chi connectivity index (χ4v) is 5.84. The van der Waals surface area contributed by atoms with Crippen LogP contribution >= 0.6 is 0 Å². The van der Waals surface area contributed by atoms with E-state index in [-0.39, 0.29) is 0 Å². The number of nitrogens with zero attached hydrogens (tertiary/aromatic N) is 5. The largest absolute Gasteiger partial charge is 0.379 e. The first-order valence-electron chi connectivity index (χ1n) is 23.0. The smallest absolute Gasteiger partial charge is 0.0594 e. The van der Waals surface area contributed by atoms with Crippen molar-refractivity contribution in [1.82, 2.24) is 29.8 Å². The molecule has 1 N–H and O–H groups in total. The van der Waals surface area contributed by atoms with Gasteiger partial charge in [-0.1, -0.05) is 75.7 Å². The van der Waals surface area contributed by atoms with Crippen LogP contribution in [0.4, 0.5) is 0 Å². The first-order chi connectivity index (χ1) is 25.0. The number of piperidine rings is 1. The van der Waals surface area contributed by atoms with E-state index in [9.17, 15) is 0 Å². The zero-order chi connectivity index (χ0) is 41.3. The molecular formula is C45H106N6O. The minimum atomic E-state index is 0.689. The summed E-state index contributed by atoms with van der Waals surface area (Å²) in [7, 11) is 0. The Balaban J connectivity index is -0.000000167. The van der Waals surface area contributed by atoms with E-state index in [0.29, 0.717) is 6.04 Å². The number of nitrogens with one attached hydrogen (secondary N) is 1. The molecular weight excluding hydrogens is 641 g/mol. The van der Waals surface area contributed by atoms with Crippen LogP contribution in [0.15, 0.2) is 0 Å². The summed E-state index contributed by atoms with van der Waals surface area (Å²) in [6, 6.07) is 3.75. The molecule has 0 unspecified atom stereocenters. The molecule has 0 aliphatic carbocycles. The third-order valence-corrected chi connectivity index (χ3v) is 9.27. The molecule has 0 aromatic carbocycles. The van der Waals surface area contributed by atoms with Gasteiger partial charge in [0.1, 0.15) is 0 Å². The molecule has 0 radical (unpaired) electrons. The molecule has 5 saturated heterocycles. The van der Waals surface area contributed by atoms with Gasteiger partial charge in [-0.3, -0.25) is 9.80 Å². The number of piperazine rings is 1. The van der Waals surface area contributed by atoms with Gasteiger partial charge in [-0.2, -0.15) is 0 Å². The van der Waals surface area contributed by atoms with Crippen LogP contribution in [0.25, 0.3) is 0 Å². The second-order valence-corrected chi connectivity index (χ2v) is 14.1. The maximum absolute atomic E-state index is 5.21. The second kappa shape index (κ2) is 46.9. The van der Waals surface area contributed by atoms with Crippen molar-refractivity contribution in [3.05, 3.63) is 0 Å². The van der Waals surface area contributed by atoms with Crippen molar-refractivity contribution in [2.24, 2.45) is 0 Å². The number of morpholine rings is 1. The molecule has 0 bridgehead atoms. The van der Waals surface area contributed by atoms with Crippen LogP contribution in [-0.2, 0) is 4.74 Å². The van der Waals surface area contributed by atoms with Crippen molar-refractivity contribution in [3.8, 4) is 0 Å². The molecule has 5 fully saturated rings. The van der Waals surface area contributed by atoms with Crippen LogP contribution in [-0.4, -0.2) is 146 Å². The minimum Gasteiger partial charge on any atom is -0.379 e. The van der Waals surface area contributed by atoms with Crippen molar-refractivity contribution in [3.63, 3.8) is 0 Å². The fourth-order valence-electron chi connectivity index (χ4n) is 5.84. The van der Waals surface area contributed by atoms with Crippen molar-refractivity contribution >= 4 is 0 Å². The normalized spacial score (nSPS) is 19.1. The molecule has 322 valence electrons. The molecule has 5 rings (SSSR count). The molecule has 5 heterocycles. The van der Waals surface area contributed by atoms with Gasteiger partial charge in [-0.15, -0.1) is 0 Å². The lowest BCUT2D eigenvalue weighted by molar-refractivity contribution is 0.0238. The van der Waals surface area contributed by atoms with E-state index in [2.05, 4.69) is 99.1 Å². The molecule has 0 aromatic rings. The van der Waals surface area contributed by atoms with Gasteiger partial charge in [0.2, 0.25) is 0 Å². The van der Waals surface area contributed by atoms with Gasteiger partial charge >= 0.3 is 0 Å². The summed E-state index contributed by atoms with van der Waals surface area (Å²) in [6.07, 6.45) is 8.52. The number of hydrogen-bond acceptors (Lipinski definition) is 7. The van der Waals surface area contributed by atoms with Gasteiger partial charge in [-0.05, 0) is 141 Å². The summed E-state index contributed by atoms with van der Waals surface area (Å²) in [5, 5.41) is 3.33. The molecule has 52 heavy (non-hydrogen) atoms. The lowest BCUT2D eigenvalue weighted by atomic mass is 10.1. The Kier molecular flexibility index (Phi) is 54.9. The Hall–Kier alpha value is -0.280. The molecule has 5 aliphatic rings. The highest BCUT2D eigenvalue weighted by molar-refractivity contribution is 4.72. The molecule has 7 nitrogen and oxygen atoms in total. The lowest BCUT2D eigenvalue weighted by Gasteiger charge is -2.34. The second-order valence-electron chi connectivity index (χ2n) is 14.1. The number of ether oxygens (including phenoxy) is 1. The van der Waals surface area contributed by atoms with Crippen molar-refractivity contribution in [1.29, 1.82) is 0 Å². The third-order valence-electron chi connectivity index (χ3n) is 9.27. The van der Waals surface area contributed by atoms with Gasteiger partial charge < -0.3 is 24.8 Å². The highest BCUT2D eigenvalue weighted by Crippen LogP contribution is 2.11. The molecule has 0 atom stereocenters. The van der Waals surface area contributed by atoms with E-state index in [1.54, 1.807) is 0 Å². The Morgan fingerprint density at radius 1 is 0.308 bits per heavy atom. The first-order valence-corrected chi connectivity index (χ1v) is 23.0. The average molecular weight is 747 g/mol. The topological polar surface area (TPSA) is 37.5 Å². The van der Waals surface area contributed by atoms with E-state index in [0.717, 1.165) is 63.6 Å². The van der Waals surface area contributed by atoms with Gasteiger partial charge in [0.25, 0.3) is 0 Å². The zero-order valence-corrected chi connectivity index (χ0v) is 40.2. The molecule has 0 saturated carbocycles. The van der Waals surface area contributed by atoms with E-state index < -0.39 is 0 Å². The van der Waals surface area contributed by atoms with E-state index in [1.165, 1.54) is 90.9 Å². The summed E-state index contributed by atoms with van der Waals surface area (Å²) in [5.41, 5.74) is 0. The van der Waals surface area contributed by atoms with Crippen LogP contribution in [0.3, 0.4) is 0 Å². The highest BCUT2D eigenvalue weighted by atomic mass is 16.5. The summed E-state index contributed by atoms with van der Waals surface area (Å²) < 4.78 is 5.21. The van der Waals surface area contributed by atoms with Crippen molar-refractivity contribution in [2.45, 2.75) is 207 Å². The quantitative estimate of drug-likeness (QED) is 0.300. The fraction of sp³-hybridized carbons (Fsp3) is 1.00. The maximum Gasteiger partial charge on any atom is 0.0594 e. The van der Waals surface area contributed by atoms with Crippen LogP contribution in [0.2, 0.25) is 0 Å². The Morgan fingerprint density at radius 2 is 0.538 bits per heavy atom. The van der Waals surface area contributed by atoms with Gasteiger partial charge in [0, 0.05) is 69.5 Å². The van der Waals surface area contributed by atoms with E-state index in [4.69, 9.17) is 4.74 Å². The predicted octanol–water partition coefficient (Wildman–Crippen LogP) is 10.6. The molecule has 0 aromatic heterocycles. The van der Waals surface area contributed by atoms with Crippen molar-refractivity contribution in [2.75, 3.05) is 91.8 Å². The molecule has 0 spiro atoms. The summed E-state index contributed by atoms with van der Waals surface area (Å²) >= 11 is 0. The Morgan fingerprint density at radius 3 is 0.731 bits per heavy atom. The Bertz CT molecular complexity index is 536. The third kappa shape index (κ3) is 36.7. The molecule has 0 amide bonds. The highest BCUT2D eigenvalue weighted by Gasteiger charge is 2.16. The van der Waals surface area contributed by atoms with Crippen LogP contribution in [0.5, 0.6) is 0 Å². The molecule has 7 heteroatoms. The van der Waals surface area contributed by atoms with Crippen LogP contribution in [0.1, 0.15) is 177 Å². The van der Waals surface area contributed by atoms with Crippen LogP contribution in [0, 0.1) is 0 Å². The summed E-state index contributed by atoms with van der Waals surface area (Å²) in [6.45, 7) is 59.4. The van der Waals surface area contributed by atoms with Gasteiger partial charge in [0.05, 0.1) is 13.2 Å². The summed E-state index contributed by atoms with van der Waals surface area (Å²) in [5.74, 6) is 0. The SMILES string of the molecule is CC.CC.CC.CC.CC.CC(C)N1CCC1.CC(C)N1CCCC1.CC(C)N1CCCCC1.CC(C)N1CCNCC1.CC(C)N1CCOCC1. The number of rotatable bonds is 5. The minimum absolute atomic E-state index is 0.689. The molecule has 5 aliphatic heterocycles.